The Labute approximate surface area is 214 Å². The minimum absolute atomic E-state index is 0.0125. The third-order valence-electron chi connectivity index (χ3n) is 7.42. The zero-order chi connectivity index (χ0) is 25.3. The highest BCUT2D eigenvalue weighted by Crippen LogP contribution is 2.41. The predicted octanol–water partition coefficient (Wildman–Crippen LogP) is 8.60. The summed E-state index contributed by atoms with van der Waals surface area (Å²) in [7, 11) is -1.79. The normalized spacial score (nSPS) is 13.9. The van der Waals surface area contributed by atoms with Gasteiger partial charge in [-0.05, 0) is 41.7 Å². The molecule has 0 N–H and O–H groups in total. The summed E-state index contributed by atoms with van der Waals surface area (Å²) in [6.07, 6.45) is -0.0125. The van der Waals surface area contributed by atoms with E-state index in [1.807, 2.05) is 0 Å². The molecule has 0 radical (unpaired) electrons. The molecule has 35 heavy (non-hydrogen) atoms. The van der Waals surface area contributed by atoms with Gasteiger partial charge in [0.25, 0.3) is 0 Å². The largest absolute Gasteiger partial charge is 0.410 e. The summed E-state index contributed by atoms with van der Waals surface area (Å²) < 4.78 is 14.0. The monoisotopic (exact) mass is 486 g/mol. The van der Waals surface area contributed by atoms with E-state index in [-0.39, 0.29) is 12.0 Å². The van der Waals surface area contributed by atoms with Gasteiger partial charge in [0.05, 0.1) is 12.7 Å². The van der Waals surface area contributed by atoms with Crippen LogP contribution in [0.1, 0.15) is 51.3 Å². The van der Waals surface area contributed by atoms with Gasteiger partial charge in [0, 0.05) is 5.92 Å². The van der Waals surface area contributed by atoms with Gasteiger partial charge in [-0.2, -0.15) is 0 Å². The molecule has 2 atom stereocenters. The van der Waals surface area contributed by atoms with Crippen LogP contribution in [0.3, 0.4) is 0 Å². The van der Waals surface area contributed by atoms with E-state index >= 15 is 0 Å². The van der Waals surface area contributed by atoms with Gasteiger partial charge in [0.2, 0.25) is 0 Å². The van der Waals surface area contributed by atoms with E-state index in [0.717, 1.165) is 40.4 Å². The van der Waals surface area contributed by atoms with E-state index in [4.69, 9.17) is 9.16 Å². The molecule has 0 unspecified atom stereocenters. The number of hydrogen-bond donors (Lipinski definition) is 0. The van der Waals surface area contributed by atoms with E-state index in [1.165, 1.54) is 0 Å². The molecule has 3 aromatic rings. The molecule has 0 saturated carbocycles. The van der Waals surface area contributed by atoms with Gasteiger partial charge in [-0.15, -0.1) is 0 Å². The highest BCUT2D eigenvalue weighted by Gasteiger charge is 2.39. The van der Waals surface area contributed by atoms with Crippen molar-refractivity contribution in [1.82, 2.24) is 0 Å². The summed E-state index contributed by atoms with van der Waals surface area (Å²) in [5.41, 5.74) is 3.73. The second-order valence-electron chi connectivity index (χ2n) is 9.70. The fraction of sp³-hybridized carbons (Fsp3) is 0.375. The summed E-state index contributed by atoms with van der Waals surface area (Å²) in [6.45, 7) is 16.1. The molecule has 2 nitrogen and oxygen atoms in total. The lowest BCUT2D eigenvalue weighted by Gasteiger charge is -2.40. The van der Waals surface area contributed by atoms with Crippen LogP contribution in [0.5, 0.6) is 0 Å². The van der Waals surface area contributed by atoms with Crippen molar-refractivity contribution in [2.24, 2.45) is 5.92 Å². The maximum absolute atomic E-state index is 7.09. The van der Waals surface area contributed by atoms with Gasteiger partial charge < -0.3 is 9.16 Å². The van der Waals surface area contributed by atoms with Crippen molar-refractivity contribution in [3.63, 3.8) is 0 Å². The molecule has 0 aliphatic carbocycles. The van der Waals surface area contributed by atoms with Crippen LogP contribution in [0.4, 0.5) is 0 Å². The maximum atomic E-state index is 7.09. The van der Waals surface area contributed by atoms with Gasteiger partial charge in [-0.3, -0.25) is 0 Å². The van der Waals surface area contributed by atoms with Crippen molar-refractivity contribution in [3.8, 4) is 0 Å². The van der Waals surface area contributed by atoms with Crippen molar-refractivity contribution in [2.75, 3.05) is 6.61 Å². The Morgan fingerprint density at radius 2 is 1.11 bits per heavy atom. The first-order valence-electron chi connectivity index (χ1n) is 13.1. The van der Waals surface area contributed by atoms with E-state index in [9.17, 15) is 0 Å². The van der Waals surface area contributed by atoms with Crippen molar-refractivity contribution in [2.45, 2.75) is 64.5 Å². The lowest BCUT2D eigenvalue weighted by atomic mass is 9.80. The van der Waals surface area contributed by atoms with Crippen LogP contribution in [-0.2, 0) is 14.8 Å². The zero-order valence-electron chi connectivity index (χ0n) is 22.2. The van der Waals surface area contributed by atoms with Gasteiger partial charge >= 0.3 is 0 Å². The van der Waals surface area contributed by atoms with Crippen LogP contribution in [-0.4, -0.2) is 21.0 Å². The van der Waals surface area contributed by atoms with E-state index < -0.39 is 13.9 Å². The van der Waals surface area contributed by atoms with Crippen LogP contribution < -0.4 is 0 Å². The average molecular weight is 487 g/mol. The Bertz CT molecular complexity index is 924. The molecule has 0 spiro atoms. The molecule has 3 rings (SSSR count). The van der Waals surface area contributed by atoms with Crippen molar-refractivity contribution in [1.29, 1.82) is 0 Å². The third-order valence-corrected chi connectivity index (χ3v) is 12.0. The smallest absolute Gasteiger partial charge is 0.192 e. The number of hydrogen-bond acceptors (Lipinski definition) is 2. The Morgan fingerprint density at radius 1 is 0.743 bits per heavy atom. The predicted molar refractivity (Wildman–Crippen MR) is 151 cm³/mol. The molecule has 0 amide bonds. The van der Waals surface area contributed by atoms with Gasteiger partial charge in [0.1, 0.15) is 5.60 Å². The average Bonchev–Trinajstić information content (AvgIpc) is 2.92. The third kappa shape index (κ3) is 6.03. The summed E-state index contributed by atoms with van der Waals surface area (Å²) in [4.78, 5) is 0. The maximum Gasteiger partial charge on any atom is 0.192 e. The first-order chi connectivity index (χ1) is 16.9. The molecular formula is C32H42O2Si. The second-order valence-corrected chi connectivity index (χ2v) is 14.4. The van der Waals surface area contributed by atoms with E-state index in [2.05, 4.69) is 132 Å². The fourth-order valence-electron chi connectivity index (χ4n) is 5.08. The Balaban J connectivity index is 2.03. The van der Waals surface area contributed by atoms with E-state index in [0.29, 0.717) is 6.61 Å². The van der Waals surface area contributed by atoms with Crippen LogP contribution in [0.25, 0.3) is 0 Å². The zero-order valence-corrected chi connectivity index (χ0v) is 23.2. The Kier molecular flexibility index (Phi) is 9.68. The minimum atomic E-state index is -1.79. The molecule has 0 aromatic heterocycles. The summed E-state index contributed by atoms with van der Waals surface area (Å²) in [5, 5.41) is 0. The lowest BCUT2D eigenvalue weighted by Crippen LogP contribution is -2.44. The summed E-state index contributed by atoms with van der Waals surface area (Å²) in [6, 6.07) is 35.1. The highest BCUT2D eigenvalue weighted by molar-refractivity contribution is 6.73. The summed E-state index contributed by atoms with van der Waals surface area (Å²) in [5.74, 6) is 0.166. The van der Waals surface area contributed by atoms with Crippen LogP contribution in [0.2, 0.25) is 18.1 Å². The lowest BCUT2D eigenvalue weighted by molar-refractivity contribution is -0.0240. The first-order valence-corrected chi connectivity index (χ1v) is 15.6. The molecule has 0 fully saturated rings. The quantitative estimate of drug-likeness (QED) is 0.137. The fourth-order valence-corrected chi connectivity index (χ4v) is 8.06. The molecule has 0 bridgehead atoms. The van der Waals surface area contributed by atoms with Crippen LogP contribution >= 0.6 is 0 Å². The summed E-state index contributed by atoms with van der Waals surface area (Å²) >= 11 is 0. The number of ether oxygens (including phenoxy) is 1. The van der Waals surface area contributed by atoms with Crippen molar-refractivity contribution in [3.05, 3.63) is 120 Å². The van der Waals surface area contributed by atoms with Gasteiger partial charge in [0.15, 0.2) is 8.32 Å². The minimum Gasteiger partial charge on any atom is -0.410 e. The molecule has 0 aliphatic heterocycles. The number of benzene rings is 3. The molecule has 186 valence electrons. The second kappa shape index (κ2) is 12.5. The standard InChI is InChI=1S/C32H42O2Si/c1-7-35(8-2,9-3)34-31(26(4)5)27(6)25-33-32(28-19-13-10-14-20-28,29-21-15-11-16-22-29)30-23-17-12-18-24-30/h10-24,27,31H,4,7-9,25H2,1-3,5-6H3/t27-,31-/m0/s1. The SMILES string of the molecule is C=C(C)[C@H](O[Si](CC)(CC)CC)[C@@H](C)COC(c1ccccc1)(c1ccccc1)c1ccccc1. The van der Waals surface area contributed by atoms with Crippen LogP contribution in [0.15, 0.2) is 103 Å². The Morgan fingerprint density at radius 3 is 1.43 bits per heavy atom. The van der Waals surface area contributed by atoms with Crippen molar-refractivity contribution < 1.29 is 9.16 Å². The Hall–Kier alpha value is -2.46. The van der Waals surface area contributed by atoms with Gasteiger partial charge in [-0.25, -0.2) is 0 Å². The highest BCUT2D eigenvalue weighted by atomic mass is 28.4. The molecule has 3 aromatic carbocycles. The molecule has 0 heterocycles. The molecular weight excluding hydrogens is 444 g/mol. The molecule has 0 aliphatic rings. The van der Waals surface area contributed by atoms with E-state index in [1.54, 1.807) is 0 Å². The van der Waals surface area contributed by atoms with Crippen molar-refractivity contribution >= 4 is 8.32 Å². The topological polar surface area (TPSA) is 18.5 Å². The molecule has 3 heteroatoms. The molecule has 0 saturated heterocycles. The van der Waals surface area contributed by atoms with Gasteiger partial charge in [-0.1, -0.05) is 131 Å². The van der Waals surface area contributed by atoms with Crippen LogP contribution in [0, 0.1) is 5.92 Å². The first kappa shape index (κ1) is 27.1. The number of rotatable bonds is 13.